The number of nitrogens with one attached hydrogen (secondary N) is 1. The van der Waals surface area contributed by atoms with E-state index in [1.165, 1.54) is 4.80 Å². The van der Waals surface area contributed by atoms with Gasteiger partial charge in [-0.15, -0.1) is 10.2 Å². The zero-order valence-corrected chi connectivity index (χ0v) is 17.8. The Hall–Kier alpha value is -3.46. The van der Waals surface area contributed by atoms with Crippen LogP contribution in [0, 0.1) is 0 Å². The molecule has 1 aliphatic rings. The van der Waals surface area contributed by atoms with Gasteiger partial charge in [-0.25, -0.2) is 4.98 Å². The minimum Gasteiger partial charge on any atom is -0.398 e. The molecule has 0 saturated heterocycles. The third-order valence-corrected chi connectivity index (χ3v) is 5.80. The number of tetrazole rings is 1. The van der Waals surface area contributed by atoms with Crippen molar-refractivity contribution in [1.29, 1.82) is 0 Å². The predicted molar refractivity (Wildman–Crippen MR) is 120 cm³/mol. The Balaban J connectivity index is 1.61. The molecule has 1 saturated carbocycles. The Morgan fingerprint density at radius 1 is 1.29 bits per heavy atom. The first-order valence-electron chi connectivity index (χ1n) is 10.0. The Morgan fingerprint density at radius 2 is 2.10 bits per heavy atom. The molecule has 0 spiro atoms. The average molecular weight is 437 g/mol. The van der Waals surface area contributed by atoms with Crippen LogP contribution in [-0.4, -0.2) is 29.8 Å². The molecule has 0 amide bonds. The quantitative estimate of drug-likeness (QED) is 0.492. The second kappa shape index (κ2) is 7.35. The van der Waals surface area contributed by atoms with Crippen molar-refractivity contribution in [3.05, 3.63) is 57.6 Å². The van der Waals surface area contributed by atoms with Gasteiger partial charge in [0.25, 0.3) is 5.56 Å². The number of pyridine rings is 2. The van der Waals surface area contributed by atoms with Crippen molar-refractivity contribution in [2.45, 2.75) is 31.8 Å². The first kappa shape index (κ1) is 19.5. The highest BCUT2D eigenvalue weighted by atomic mass is 35.5. The lowest BCUT2D eigenvalue weighted by atomic mass is 10.1. The molecule has 31 heavy (non-hydrogen) atoms. The summed E-state index contributed by atoms with van der Waals surface area (Å²) >= 11 is 6.35. The number of fused-ring (bicyclic) bond motifs is 1. The first-order chi connectivity index (χ1) is 14.9. The van der Waals surface area contributed by atoms with E-state index in [9.17, 15) is 4.79 Å². The Kier molecular flexibility index (Phi) is 4.62. The van der Waals surface area contributed by atoms with E-state index in [4.69, 9.17) is 17.3 Å². The summed E-state index contributed by atoms with van der Waals surface area (Å²) in [6.45, 7) is 1.99. The summed E-state index contributed by atoms with van der Waals surface area (Å²) < 4.78 is 1.86. The number of nitrogen functional groups attached to an aromatic ring is 1. The first-order valence-corrected chi connectivity index (χ1v) is 10.4. The molecule has 4 aromatic rings. The van der Waals surface area contributed by atoms with Crippen LogP contribution >= 0.6 is 11.6 Å². The molecule has 1 aliphatic carbocycles. The summed E-state index contributed by atoms with van der Waals surface area (Å²) in [5.74, 6) is 0.911. The van der Waals surface area contributed by atoms with Gasteiger partial charge >= 0.3 is 0 Å². The van der Waals surface area contributed by atoms with E-state index in [1.54, 1.807) is 25.4 Å². The number of halogens is 1. The molecule has 3 N–H and O–H groups in total. The second-order valence-corrected chi connectivity index (χ2v) is 8.18. The maximum atomic E-state index is 13.3. The van der Waals surface area contributed by atoms with E-state index in [1.807, 2.05) is 29.7 Å². The van der Waals surface area contributed by atoms with E-state index in [2.05, 4.69) is 25.7 Å². The normalized spacial score (nSPS) is 14.7. The minimum atomic E-state index is -0.235. The van der Waals surface area contributed by atoms with E-state index < -0.39 is 0 Å². The van der Waals surface area contributed by atoms with Crippen LogP contribution in [0.1, 0.15) is 37.5 Å². The fourth-order valence-corrected chi connectivity index (χ4v) is 4.14. The van der Waals surface area contributed by atoms with Crippen LogP contribution in [0.25, 0.3) is 22.2 Å². The molecule has 3 aromatic heterocycles. The van der Waals surface area contributed by atoms with Crippen LogP contribution in [0.5, 0.6) is 0 Å². The highest BCUT2D eigenvalue weighted by Gasteiger charge is 2.30. The number of aryl methyl sites for hydroxylation is 1. The number of hydrogen-bond donors (Lipinski definition) is 2. The number of aromatic nitrogens is 6. The summed E-state index contributed by atoms with van der Waals surface area (Å²) in [5, 5.41) is 17.5. The molecule has 3 heterocycles. The molecular formula is C21H21ClN8O. The SMILES string of the molecule is C[C@H](Nc1nccc(N)c1-c1nnn(C)n1)c1cc2cccc(Cl)c2c(=O)n1C1CC1. The molecule has 0 bridgehead atoms. The molecule has 0 radical (unpaired) electrons. The lowest BCUT2D eigenvalue weighted by Crippen LogP contribution is -2.26. The van der Waals surface area contributed by atoms with Gasteiger partial charge in [0, 0.05) is 23.6 Å². The van der Waals surface area contributed by atoms with Gasteiger partial charge in [-0.1, -0.05) is 23.7 Å². The van der Waals surface area contributed by atoms with Crippen LogP contribution in [-0.2, 0) is 7.05 Å². The van der Waals surface area contributed by atoms with Gasteiger partial charge in [-0.05, 0) is 48.6 Å². The number of hydrogen-bond acceptors (Lipinski definition) is 7. The van der Waals surface area contributed by atoms with Gasteiger partial charge in [0.15, 0.2) is 0 Å². The molecule has 1 fully saturated rings. The van der Waals surface area contributed by atoms with Crippen LogP contribution in [0.2, 0.25) is 5.02 Å². The predicted octanol–water partition coefficient (Wildman–Crippen LogP) is 3.33. The number of nitrogens with zero attached hydrogens (tertiary/aromatic N) is 6. The average Bonchev–Trinajstić information content (AvgIpc) is 3.48. The minimum absolute atomic E-state index is 0.0643. The molecule has 9 nitrogen and oxygen atoms in total. The van der Waals surface area contributed by atoms with Crippen LogP contribution < -0.4 is 16.6 Å². The number of anilines is 2. The Labute approximate surface area is 182 Å². The number of nitrogens with two attached hydrogens (primary N) is 1. The Bertz CT molecular complexity index is 1360. The molecular weight excluding hydrogens is 416 g/mol. The van der Waals surface area contributed by atoms with Crippen molar-refractivity contribution >= 4 is 33.9 Å². The summed E-state index contributed by atoms with van der Waals surface area (Å²) in [6, 6.07) is 9.17. The maximum Gasteiger partial charge on any atom is 0.260 e. The van der Waals surface area contributed by atoms with Crippen LogP contribution in [0.15, 0.2) is 41.3 Å². The number of benzene rings is 1. The molecule has 158 valence electrons. The van der Waals surface area contributed by atoms with Crippen LogP contribution in [0.4, 0.5) is 11.5 Å². The lowest BCUT2D eigenvalue weighted by Gasteiger charge is -2.22. The highest BCUT2D eigenvalue weighted by Crippen LogP contribution is 2.38. The summed E-state index contributed by atoms with van der Waals surface area (Å²) in [6.07, 6.45) is 3.57. The van der Waals surface area contributed by atoms with Gasteiger partial charge in [0.2, 0.25) is 5.82 Å². The second-order valence-electron chi connectivity index (χ2n) is 7.77. The standard InChI is InChI=1S/C21H21ClN8O/c1-11(25-19-18(15(23)8-9-24-19)20-26-28-29(2)27-20)16-10-12-4-3-5-14(22)17(12)21(31)30(16)13-6-7-13/h3-5,8-11,13H,6-7H2,1-2H3,(H3,23,24,25)/t11-/m0/s1. The topological polar surface area (TPSA) is 117 Å². The van der Waals surface area contributed by atoms with E-state index in [0.29, 0.717) is 33.3 Å². The Morgan fingerprint density at radius 3 is 2.81 bits per heavy atom. The third-order valence-electron chi connectivity index (χ3n) is 5.48. The smallest absolute Gasteiger partial charge is 0.260 e. The van der Waals surface area contributed by atoms with Gasteiger partial charge in [-0.3, -0.25) is 4.79 Å². The molecule has 0 aliphatic heterocycles. The van der Waals surface area contributed by atoms with Gasteiger partial charge in [0.05, 0.1) is 29.1 Å². The van der Waals surface area contributed by atoms with E-state index in [0.717, 1.165) is 23.9 Å². The molecule has 1 aromatic carbocycles. The van der Waals surface area contributed by atoms with Crippen molar-refractivity contribution in [3.8, 4) is 11.4 Å². The van der Waals surface area contributed by atoms with E-state index >= 15 is 0 Å². The fraction of sp³-hybridized carbons (Fsp3) is 0.286. The summed E-state index contributed by atoms with van der Waals surface area (Å²) in [5.41, 5.74) is 8.08. The summed E-state index contributed by atoms with van der Waals surface area (Å²) in [7, 11) is 1.69. The molecule has 5 rings (SSSR count). The third kappa shape index (κ3) is 3.40. The fourth-order valence-electron chi connectivity index (χ4n) is 3.88. The van der Waals surface area contributed by atoms with Crippen molar-refractivity contribution in [2.75, 3.05) is 11.1 Å². The largest absolute Gasteiger partial charge is 0.398 e. The monoisotopic (exact) mass is 436 g/mol. The van der Waals surface area contributed by atoms with Crippen molar-refractivity contribution < 1.29 is 0 Å². The van der Waals surface area contributed by atoms with Gasteiger partial charge < -0.3 is 15.6 Å². The molecule has 1 atom stereocenters. The zero-order chi connectivity index (χ0) is 21.7. The van der Waals surface area contributed by atoms with Crippen molar-refractivity contribution in [1.82, 2.24) is 29.8 Å². The van der Waals surface area contributed by atoms with E-state index in [-0.39, 0.29) is 17.6 Å². The highest BCUT2D eigenvalue weighted by molar-refractivity contribution is 6.35. The lowest BCUT2D eigenvalue weighted by molar-refractivity contribution is 0.630. The maximum absolute atomic E-state index is 13.3. The number of rotatable bonds is 5. The molecule has 0 unspecified atom stereocenters. The zero-order valence-electron chi connectivity index (χ0n) is 17.1. The van der Waals surface area contributed by atoms with Gasteiger partial charge in [0.1, 0.15) is 5.82 Å². The van der Waals surface area contributed by atoms with Gasteiger partial charge in [-0.2, -0.15) is 4.80 Å². The van der Waals surface area contributed by atoms with Crippen molar-refractivity contribution in [3.63, 3.8) is 0 Å². The van der Waals surface area contributed by atoms with Crippen LogP contribution in [0.3, 0.4) is 0 Å². The van der Waals surface area contributed by atoms with Crippen molar-refractivity contribution in [2.24, 2.45) is 7.05 Å². The summed E-state index contributed by atoms with van der Waals surface area (Å²) in [4.78, 5) is 19.2. The molecule has 10 heteroatoms.